The summed E-state index contributed by atoms with van der Waals surface area (Å²) in [5, 5.41) is 0. The summed E-state index contributed by atoms with van der Waals surface area (Å²) < 4.78 is 38.6. The smallest absolute Gasteiger partial charge is 0.465 e. The molecule has 1 aromatic rings. The fourth-order valence-electron chi connectivity index (χ4n) is 1.47. The standard InChI is InChI=1S/C10H8F2O4/c1-5-6(9(13)14-2)3-4-7-8(5)16-10(11,12)15-7/h3-4H,1-2H3. The van der Waals surface area contributed by atoms with Crippen LogP contribution in [0.3, 0.4) is 0 Å². The van der Waals surface area contributed by atoms with Gasteiger partial charge in [-0.05, 0) is 19.1 Å². The average Bonchev–Trinajstić information content (AvgIpc) is 2.53. The van der Waals surface area contributed by atoms with Crippen molar-refractivity contribution in [1.29, 1.82) is 0 Å². The first-order chi connectivity index (χ1) is 7.44. The predicted molar refractivity (Wildman–Crippen MR) is 48.7 cm³/mol. The van der Waals surface area contributed by atoms with Crippen molar-refractivity contribution in [3.8, 4) is 11.5 Å². The third-order valence-electron chi connectivity index (χ3n) is 2.22. The maximum atomic E-state index is 12.8. The Morgan fingerprint density at radius 3 is 2.69 bits per heavy atom. The van der Waals surface area contributed by atoms with E-state index in [0.717, 1.165) is 0 Å². The topological polar surface area (TPSA) is 44.8 Å². The van der Waals surface area contributed by atoms with Gasteiger partial charge >= 0.3 is 12.3 Å². The maximum absolute atomic E-state index is 12.8. The van der Waals surface area contributed by atoms with Crippen LogP contribution in [0.15, 0.2) is 12.1 Å². The molecule has 6 heteroatoms. The lowest BCUT2D eigenvalue weighted by Crippen LogP contribution is -2.26. The molecule has 0 unspecified atom stereocenters. The van der Waals surface area contributed by atoms with Crippen molar-refractivity contribution in [2.75, 3.05) is 7.11 Å². The summed E-state index contributed by atoms with van der Waals surface area (Å²) >= 11 is 0. The number of halogens is 2. The zero-order valence-electron chi connectivity index (χ0n) is 8.54. The van der Waals surface area contributed by atoms with Gasteiger partial charge in [0.25, 0.3) is 0 Å². The van der Waals surface area contributed by atoms with Crippen LogP contribution in [0.4, 0.5) is 8.78 Å². The van der Waals surface area contributed by atoms with E-state index in [0.29, 0.717) is 0 Å². The minimum absolute atomic E-state index is 0.0878. The number of carbonyl (C=O) groups is 1. The summed E-state index contributed by atoms with van der Waals surface area (Å²) in [6, 6.07) is 2.60. The van der Waals surface area contributed by atoms with Gasteiger partial charge in [0.05, 0.1) is 12.7 Å². The van der Waals surface area contributed by atoms with Crippen molar-refractivity contribution in [2.24, 2.45) is 0 Å². The number of fused-ring (bicyclic) bond motifs is 1. The summed E-state index contributed by atoms with van der Waals surface area (Å²) in [5.74, 6) is -0.831. The molecule has 0 fully saturated rings. The molecule has 0 atom stereocenters. The first-order valence-electron chi connectivity index (χ1n) is 4.42. The van der Waals surface area contributed by atoms with Crippen LogP contribution in [0.5, 0.6) is 11.5 Å². The van der Waals surface area contributed by atoms with Crippen LogP contribution in [0.1, 0.15) is 15.9 Å². The van der Waals surface area contributed by atoms with Crippen LogP contribution in [0.2, 0.25) is 0 Å². The quantitative estimate of drug-likeness (QED) is 0.693. The molecule has 16 heavy (non-hydrogen) atoms. The van der Waals surface area contributed by atoms with Gasteiger partial charge in [0.1, 0.15) is 0 Å². The molecule has 1 aliphatic heterocycles. The predicted octanol–water partition coefficient (Wildman–Crippen LogP) is 2.10. The largest absolute Gasteiger partial charge is 0.586 e. The molecular formula is C10H8F2O4. The monoisotopic (exact) mass is 230 g/mol. The highest BCUT2D eigenvalue weighted by molar-refractivity contribution is 5.92. The lowest BCUT2D eigenvalue weighted by Gasteiger charge is -2.06. The third-order valence-corrected chi connectivity index (χ3v) is 2.22. The van der Waals surface area contributed by atoms with Crippen molar-refractivity contribution in [3.63, 3.8) is 0 Å². The minimum atomic E-state index is -3.68. The number of esters is 1. The summed E-state index contributed by atoms with van der Waals surface area (Å²) in [6.45, 7) is 1.48. The Bertz CT molecular complexity index is 456. The number of rotatable bonds is 1. The van der Waals surface area contributed by atoms with E-state index in [4.69, 9.17) is 0 Å². The van der Waals surface area contributed by atoms with E-state index in [9.17, 15) is 13.6 Å². The van der Waals surface area contributed by atoms with E-state index >= 15 is 0 Å². The highest BCUT2D eigenvalue weighted by atomic mass is 19.3. The Balaban J connectivity index is 2.48. The van der Waals surface area contributed by atoms with Crippen molar-refractivity contribution in [3.05, 3.63) is 23.3 Å². The highest BCUT2D eigenvalue weighted by Gasteiger charge is 2.44. The number of hydrogen-bond acceptors (Lipinski definition) is 4. The second kappa shape index (κ2) is 3.33. The van der Waals surface area contributed by atoms with Crippen molar-refractivity contribution < 1.29 is 27.8 Å². The molecule has 0 saturated heterocycles. The van der Waals surface area contributed by atoms with E-state index in [2.05, 4.69) is 14.2 Å². The molecule has 1 heterocycles. The van der Waals surface area contributed by atoms with Gasteiger partial charge in [0.2, 0.25) is 0 Å². The van der Waals surface area contributed by atoms with Gasteiger partial charge < -0.3 is 14.2 Å². The molecule has 1 aromatic carbocycles. The normalized spacial score (nSPS) is 16.0. The molecule has 0 saturated carbocycles. The Labute approximate surface area is 89.7 Å². The van der Waals surface area contributed by atoms with Crippen molar-refractivity contribution >= 4 is 5.97 Å². The van der Waals surface area contributed by atoms with Crippen LogP contribution in [-0.4, -0.2) is 19.4 Å². The van der Waals surface area contributed by atoms with E-state index in [1.165, 1.54) is 26.2 Å². The third kappa shape index (κ3) is 1.56. The highest BCUT2D eigenvalue weighted by Crippen LogP contribution is 2.44. The Morgan fingerprint density at radius 2 is 2.06 bits per heavy atom. The molecule has 86 valence electrons. The average molecular weight is 230 g/mol. The van der Waals surface area contributed by atoms with E-state index in [1.807, 2.05) is 0 Å². The second-order valence-electron chi connectivity index (χ2n) is 3.22. The van der Waals surface area contributed by atoms with Crippen molar-refractivity contribution in [2.45, 2.75) is 13.2 Å². The molecule has 0 N–H and O–H groups in total. The van der Waals surface area contributed by atoms with Gasteiger partial charge in [-0.3, -0.25) is 0 Å². The zero-order chi connectivity index (χ0) is 11.9. The molecule has 0 amide bonds. The fourth-order valence-corrected chi connectivity index (χ4v) is 1.47. The van der Waals surface area contributed by atoms with Gasteiger partial charge in [0.15, 0.2) is 11.5 Å². The van der Waals surface area contributed by atoms with Crippen LogP contribution in [-0.2, 0) is 4.74 Å². The summed E-state index contributed by atoms with van der Waals surface area (Å²) in [5.41, 5.74) is 0.434. The van der Waals surface area contributed by atoms with Crippen molar-refractivity contribution in [1.82, 2.24) is 0 Å². The number of ether oxygens (including phenoxy) is 3. The minimum Gasteiger partial charge on any atom is -0.465 e. The fraction of sp³-hybridized carbons (Fsp3) is 0.300. The van der Waals surface area contributed by atoms with Crippen LogP contribution in [0.25, 0.3) is 0 Å². The van der Waals surface area contributed by atoms with Gasteiger partial charge in [-0.15, -0.1) is 8.78 Å². The van der Waals surface area contributed by atoms with E-state index < -0.39 is 12.3 Å². The molecule has 1 aliphatic rings. The second-order valence-corrected chi connectivity index (χ2v) is 3.22. The molecular weight excluding hydrogens is 222 g/mol. The lowest BCUT2D eigenvalue weighted by atomic mass is 10.1. The maximum Gasteiger partial charge on any atom is 0.586 e. The van der Waals surface area contributed by atoms with Crippen LogP contribution in [0, 0.1) is 6.92 Å². The Morgan fingerprint density at radius 1 is 1.38 bits per heavy atom. The van der Waals surface area contributed by atoms with Gasteiger partial charge in [-0.1, -0.05) is 0 Å². The van der Waals surface area contributed by atoms with Gasteiger partial charge in [0, 0.05) is 5.56 Å². The van der Waals surface area contributed by atoms with E-state index in [1.54, 1.807) is 0 Å². The molecule has 0 spiro atoms. The van der Waals surface area contributed by atoms with Crippen LogP contribution < -0.4 is 9.47 Å². The number of alkyl halides is 2. The van der Waals surface area contributed by atoms with Crippen LogP contribution >= 0.6 is 0 Å². The van der Waals surface area contributed by atoms with Gasteiger partial charge in [-0.2, -0.15) is 0 Å². The van der Waals surface area contributed by atoms with Gasteiger partial charge in [-0.25, -0.2) is 4.79 Å². The Kier molecular flexibility index (Phi) is 2.22. The number of hydrogen-bond donors (Lipinski definition) is 0. The summed E-state index contributed by atoms with van der Waals surface area (Å²) in [6.07, 6.45) is -3.68. The first kappa shape index (κ1) is 10.7. The Hall–Kier alpha value is -1.85. The first-order valence-corrected chi connectivity index (χ1v) is 4.42. The molecule has 4 nitrogen and oxygen atoms in total. The van der Waals surface area contributed by atoms with E-state index in [-0.39, 0.29) is 22.6 Å². The number of methoxy groups -OCH3 is 1. The molecule has 2 rings (SSSR count). The summed E-state index contributed by atoms with van der Waals surface area (Å²) in [7, 11) is 1.21. The number of carbonyl (C=O) groups excluding carboxylic acids is 1. The molecule has 0 aliphatic carbocycles. The SMILES string of the molecule is COC(=O)c1ccc2c(c1C)OC(F)(F)O2. The molecule has 0 aromatic heterocycles. The summed E-state index contributed by atoms with van der Waals surface area (Å²) in [4.78, 5) is 11.3. The zero-order valence-corrected chi connectivity index (χ0v) is 8.54. The molecule has 0 radical (unpaired) electrons. The lowest BCUT2D eigenvalue weighted by molar-refractivity contribution is -0.286. The molecule has 0 bridgehead atoms. The number of benzene rings is 1.